The number of carbonyl (C=O) groups excluding carboxylic acids is 1. The van der Waals surface area contributed by atoms with Gasteiger partial charge in [-0.2, -0.15) is 0 Å². The molecule has 30 heavy (non-hydrogen) atoms. The Morgan fingerprint density at radius 2 is 2.03 bits per heavy atom. The van der Waals surface area contributed by atoms with E-state index in [1.165, 1.54) is 42.4 Å². The highest BCUT2D eigenvalue weighted by molar-refractivity contribution is 7.99. The van der Waals surface area contributed by atoms with Gasteiger partial charge >= 0.3 is 0 Å². The zero-order valence-corrected chi connectivity index (χ0v) is 18.8. The Kier molecular flexibility index (Phi) is 6.43. The molecule has 0 unspecified atom stereocenters. The van der Waals surface area contributed by atoms with E-state index in [9.17, 15) is 9.59 Å². The Morgan fingerprint density at radius 1 is 1.27 bits per heavy atom. The predicted octanol–water partition coefficient (Wildman–Crippen LogP) is 4.34. The van der Waals surface area contributed by atoms with Crippen LogP contribution in [0.3, 0.4) is 0 Å². The molecule has 0 bridgehead atoms. The van der Waals surface area contributed by atoms with E-state index in [2.05, 4.69) is 0 Å². The largest absolute Gasteiger partial charge is 0.495 e. The van der Waals surface area contributed by atoms with Gasteiger partial charge in [-0.15, -0.1) is 11.3 Å². The maximum Gasteiger partial charge on any atom is 0.276 e. The Bertz CT molecular complexity index is 1100. The molecule has 0 N–H and O–H groups in total. The SMILES string of the molecule is COc1ccccc1-n1c(SCC(=O)N(C)C2CCCCC2)nc2ccsc2c1=O. The first-order chi connectivity index (χ1) is 14.6. The van der Waals surface area contributed by atoms with E-state index in [1.54, 1.807) is 11.7 Å². The van der Waals surface area contributed by atoms with Gasteiger partial charge in [-0.05, 0) is 36.4 Å². The van der Waals surface area contributed by atoms with Crippen LogP contribution in [0.4, 0.5) is 0 Å². The van der Waals surface area contributed by atoms with Crippen LogP contribution in [0.25, 0.3) is 15.9 Å². The van der Waals surface area contributed by atoms with Crippen molar-refractivity contribution in [3.05, 3.63) is 46.1 Å². The first-order valence-corrected chi connectivity index (χ1v) is 12.0. The molecule has 1 aliphatic carbocycles. The van der Waals surface area contributed by atoms with Crippen molar-refractivity contribution in [2.45, 2.75) is 43.3 Å². The average Bonchev–Trinajstić information content (AvgIpc) is 3.26. The number of thioether (sulfide) groups is 1. The molecule has 3 aromatic rings. The minimum atomic E-state index is -0.143. The number of hydrogen-bond donors (Lipinski definition) is 0. The minimum Gasteiger partial charge on any atom is -0.495 e. The van der Waals surface area contributed by atoms with Crippen molar-refractivity contribution in [1.29, 1.82) is 0 Å². The fourth-order valence-corrected chi connectivity index (χ4v) is 5.60. The van der Waals surface area contributed by atoms with E-state index in [4.69, 9.17) is 9.72 Å². The number of aromatic nitrogens is 2. The lowest BCUT2D eigenvalue weighted by Gasteiger charge is -2.31. The summed E-state index contributed by atoms with van der Waals surface area (Å²) in [7, 11) is 3.47. The Labute approximate surface area is 183 Å². The van der Waals surface area contributed by atoms with Crippen molar-refractivity contribution in [2.75, 3.05) is 19.9 Å². The van der Waals surface area contributed by atoms with Crippen LogP contribution in [0.2, 0.25) is 0 Å². The molecule has 0 atom stereocenters. The number of rotatable bonds is 6. The van der Waals surface area contributed by atoms with Gasteiger partial charge in [0.1, 0.15) is 10.4 Å². The van der Waals surface area contributed by atoms with Crippen molar-refractivity contribution in [1.82, 2.24) is 14.5 Å². The number of hydrogen-bond acceptors (Lipinski definition) is 6. The summed E-state index contributed by atoms with van der Waals surface area (Å²) < 4.78 is 7.64. The van der Waals surface area contributed by atoms with Gasteiger partial charge in [-0.1, -0.05) is 43.2 Å². The lowest BCUT2D eigenvalue weighted by Crippen LogP contribution is -2.39. The highest BCUT2D eigenvalue weighted by Crippen LogP contribution is 2.29. The van der Waals surface area contributed by atoms with Crippen LogP contribution in [0, 0.1) is 0 Å². The van der Waals surface area contributed by atoms with Gasteiger partial charge < -0.3 is 9.64 Å². The van der Waals surface area contributed by atoms with Crippen molar-refractivity contribution >= 4 is 39.2 Å². The van der Waals surface area contributed by atoms with Crippen molar-refractivity contribution < 1.29 is 9.53 Å². The number of para-hydroxylation sites is 2. The summed E-state index contributed by atoms with van der Waals surface area (Å²) in [6.45, 7) is 0. The molecular weight excluding hydrogens is 418 g/mol. The number of fused-ring (bicyclic) bond motifs is 1. The van der Waals surface area contributed by atoms with Crippen LogP contribution in [0.1, 0.15) is 32.1 Å². The van der Waals surface area contributed by atoms with Crippen LogP contribution in [-0.4, -0.2) is 46.3 Å². The van der Waals surface area contributed by atoms with Gasteiger partial charge in [0.05, 0.1) is 24.1 Å². The quantitative estimate of drug-likeness (QED) is 0.419. The number of nitrogens with zero attached hydrogens (tertiary/aromatic N) is 3. The molecule has 0 aliphatic heterocycles. The second kappa shape index (κ2) is 9.22. The number of amides is 1. The lowest BCUT2D eigenvalue weighted by atomic mass is 9.94. The monoisotopic (exact) mass is 443 g/mol. The second-order valence-electron chi connectivity index (χ2n) is 7.43. The Morgan fingerprint density at radius 3 is 2.80 bits per heavy atom. The molecule has 4 rings (SSSR count). The first kappa shape index (κ1) is 20.9. The maximum atomic E-state index is 13.3. The molecule has 6 nitrogen and oxygen atoms in total. The van der Waals surface area contributed by atoms with Crippen LogP contribution in [0.15, 0.2) is 45.7 Å². The summed E-state index contributed by atoms with van der Waals surface area (Å²) in [6, 6.07) is 9.53. The van der Waals surface area contributed by atoms with E-state index < -0.39 is 0 Å². The molecule has 0 radical (unpaired) electrons. The van der Waals surface area contributed by atoms with E-state index in [0.29, 0.717) is 32.9 Å². The highest BCUT2D eigenvalue weighted by atomic mass is 32.2. The molecule has 0 spiro atoms. The molecule has 0 saturated heterocycles. The highest BCUT2D eigenvalue weighted by Gasteiger charge is 2.23. The summed E-state index contributed by atoms with van der Waals surface area (Å²) in [5.74, 6) is 0.896. The molecule has 2 aromatic heterocycles. The maximum absolute atomic E-state index is 13.3. The Hall–Kier alpha value is -2.32. The van der Waals surface area contributed by atoms with E-state index in [1.807, 2.05) is 47.7 Å². The third-order valence-electron chi connectivity index (χ3n) is 5.62. The second-order valence-corrected chi connectivity index (χ2v) is 9.29. The molecular formula is C22H25N3O3S2. The third-order valence-corrected chi connectivity index (χ3v) is 7.43. The molecule has 8 heteroatoms. The van der Waals surface area contributed by atoms with Gasteiger partial charge in [0.2, 0.25) is 5.91 Å². The number of carbonyl (C=O) groups is 1. The summed E-state index contributed by atoms with van der Waals surface area (Å²) in [5.41, 5.74) is 1.14. The predicted molar refractivity (Wildman–Crippen MR) is 122 cm³/mol. The fraction of sp³-hybridized carbons (Fsp3) is 0.409. The third kappa shape index (κ3) is 4.11. The molecule has 2 heterocycles. The van der Waals surface area contributed by atoms with Crippen LogP contribution >= 0.6 is 23.1 Å². The zero-order valence-electron chi connectivity index (χ0n) is 17.2. The average molecular weight is 444 g/mol. The zero-order chi connectivity index (χ0) is 21.1. The van der Waals surface area contributed by atoms with Crippen molar-refractivity contribution in [3.63, 3.8) is 0 Å². The molecule has 1 fully saturated rings. The standard InChI is InChI=1S/C22H25N3O3S2/c1-24(15-8-4-3-5-9-15)19(26)14-30-22-23-16-12-13-29-20(16)21(27)25(22)17-10-6-7-11-18(17)28-2/h6-7,10-13,15H,3-5,8-9,14H2,1-2H3. The molecule has 158 valence electrons. The molecule has 1 amide bonds. The smallest absolute Gasteiger partial charge is 0.276 e. The normalized spacial score (nSPS) is 14.7. The first-order valence-electron chi connectivity index (χ1n) is 10.1. The van der Waals surface area contributed by atoms with Gasteiger partial charge in [0.25, 0.3) is 5.56 Å². The van der Waals surface area contributed by atoms with E-state index in [-0.39, 0.29) is 17.2 Å². The lowest BCUT2D eigenvalue weighted by molar-refractivity contribution is -0.129. The van der Waals surface area contributed by atoms with Gasteiger partial charge in [0.15, 0.2) is 5.16 Å². The van der Waals surface area contributed by atoms with Crippen LogP contribution < -0.4 is 10.3 Å². The summed E-state index contributed by atoms with van der Waals surface area (Å²) in [4.78, 5) is 32.7. The molecule has 1 aromatic carbocycles. The van der Waals surface area contributed by atoms with Gasteiger partial charge in [0, 0.05) is 13.1 Å². The van der Waals surface area contributed by atoms with Crippen molar-refractivity contribution in [3.8, 4) is 11.4 Å². The fourth-order valence-electron chi connectivity index (χ4n) is 3.92. The Balaban J connectivity index is 1.66. The summed E-state index contributed by atoms with van der Waals surface area (Å²) in [5, 5.41) is 2.36. The summed E-state index contributed by atoms with van der Waals surface area (Å²) in [6.07, 6.45) is 5.75. The number of ether oxygens (including phenoxy) is 1. The molecule has 1 aliphatic rings. The van der Waals surface area contributed by atoms with Crippen molar-refractivity contribution in [2.24, 2.45) is 0 Å². The van der Waals surface area contributed by atoms with E-state index >= 15 is 0 Å². The van der Waals surface area contributed by atoms with Crippen LogP contribution in [0.5, 0.6) is 5.75 Å². The number of benzene rings is 1. The van der Waals surface area contributed by atoms with Gasteiger partial charge in [-0.3, -0.25) is 14.2 Å². The number of thiophene rings is 1. The van der Waals surface area contributed by atoms with Gasteiger partial charge in [-0.25, -0.2) is 4.98 Å². The number of methoxy groups -OCH3 is 1. The van der Waals surface area contributed by atoms with E-state index in [0.717, 1.165) is 12.8 Å². The topological polar surface area (TPSA) is 64.4 Å². The minimum absolute atomic E-state index is 0.0677. The molecule has 1 saturated carbocycles. The van der Waals surface area contributed by atoms with Crippen LogP contribution in [-0.2, 0) is 4.79 Å². The summed E-state index contributed by atoms with van der Waals surface area (Å²) >= 11 is 2.68.